The van der Waals surface area contributed by atoms with Crippen LogP contribution in [-0.2, 0) is 19.3 Å². The molecule has 20 heavy (non-hydrogen) atoms. The minimum atomic E-state index is -0.524. The van der Waals surface area contributed by atoms with Gasteiger partial charge in [0.05, 0.1) is 11.8 Å². The van der Waals surface area contributed by atoms with Crippen LogP contribution in [-0.4, -0.2) is 22.5 Å². The molecule has 6 heteroatoms. The van der Waals surface area contributed by atoms with Crippen LogP contribution >= 0.6 is 0 Å². The Balaban J connectivity index is 1.72. The second kappa shape index (κ2) is 7.59. The van der Waals surface area contributed by atoms with Gasteiger partial charge in [0.1, 0.15) is 0 Å². The van der Waals surface area contributed by atoms with Gasteiger partial charge in [-0.25, -0.2) is 14.8 Å². The summed E-state index contributed by atoms with van der Waals surface area (Å²) in [6, 6.07) is 0. The predicted molar refractivity (Wildman–Crippen MR) is 69.0 cm³/mol. The second-order valence-electron chi connectivity index (χ2n) is 5.73. The maximum atomic E-state index is 11.8. The molecule has 0 aliphatic heterocycles. The van der Waals surface area contributed by atoms with E-state index in [1.807, 2.05) is 0 Å². The molecular weight excluding hydrogens is 262 g/mol. The Morgan fingerprint density at radius 3 is 1.45 bits per heavy atom. The molecule has 0 radical (unpaired) electrons. The molecule has 0 atom stereocenters. The van der Waals surface area contributed by atoms with Gasteiger partial charge in [0.15, 0.2) is 5.39 Å². The quantitative estimate of drug-likeness (QED) is 0.800. The molecule has 0 unspecified atom stereocenters. The van der Waals surface area contributed by atoms with Crippen LogP contribution in [0.3, 0.4) is 0 Å². The zero-order valence-corrected chi connectivity index (χ0v) is 11.8. The fourth-order valence-corrected chi connectivity index (χ4v) is 3.00. The normalized spacial score (nSPS) is 21.7. The lowest BCUT2D eigenvalue weighted by molar-refractivity contribution is -0.469. The molecule has 0 bridgehead atoms. The Morgan fingerprint density at radius 2 is 1.10 bits per heavy atom. The van der Waals surface area contributed by atoms with E-state index in [2.05, 4.69) is 9.68 Å². The molecule has 6 nitrogen and oxygen atoms in total. The molecule has 2 aliphatic carbocycles. The molecule has 0 aromatic carbocycles. The van der Waals surface area contributed by atoms with E-state index in [-0.39, 0.29) is 17.2 Å². The first-order valence-electron chi connectivity index (χ1n) is 7.59. The van der Waals surface area contributed by atoms with Crippen molar-refractivity contribution in [1.82, 2.24) is 5.39 Å². The largest absolute Gasteiger partial charge is 0.334 e. The second-order valence-corrected chi connectivity index (χ2v) is 5.73. The summed E-state index contributed by atoms with van der Waals surface area (Å²) in [6.45, 7) is 0. The summed E-state index contributed by atoms with van der Waals surface area (Å²) in [4.78, 5) is 32.8. The maximum Gasteiger partial charge on any atom is 0.334 e. The van der Waals surface area contributed by atoms with Crippen LogP contribution in [0.2, 0.25) is 0 Å². The van der Waals surface area contributed by atoms with Crippen molar-refractivity contribution in [3.63, 3.8) is 0 Å². The zero-order chi connectivity index (χ0) is 14.4. The fraction of sp³-hybridized carbons (Fsp3) is 0.857. The average molecular weight is 285 g/mol. The third-order valence-electron chi connectivity index (χ3n) is 4.21. The van der Waals surface area contributed by atoms with Gasteiger partial charge in [-0.05, 0) is 25.7 Å². The van der Waals surface area contributed by atoms with Crippen LogP contribution < -0.4 is 0 Å². The molecule has 0 amide bonds. The SMILES string of the molecule is O=C(ON(O)OC(=O)C1CCCCC1)C1CCCCC1. The van der Waals surface area contributed by atoms with Crippen molar-refractivity contribution < 1.29 is 24.5 Å². The summed E-state index contributed by atoms with van der Waals surface area (Å²) in [7, 11) is 0. The number of rotatable bonds is 4. The highest BCUT2D eigenvalue weighted by Crippen LogP contribution is 2.26. The van der Waals surface area contributed by atoms with Gasteiger partial charge in [-0.2, -0.15) is 0 Å². The third kappa shape index (κ3) is 4.45. The average Bonchev–Trinajstić information content (AvgIpc) is 2.49. The van der Waals surface area contributed by atoms with Crippen LogP contribution in [0.25, 0.3) is 0 Å². The number of hydrogen-bond donors (Lipinski definition) is 1. The molecule has 2 rings (SSSR count). The van der Waals surface area contributed by atoms with Gasteiger partial charge in [-0.3, -0.25) is 0 Å². The van der Waals surface area contributed by atoms with E-state index >= 15 is 0 Å². The first kappa shape index (κ1) is 15.3. The lowest BCUT2D eigenvalue weighted by atomic mass is 9.89. The van der Waals surface area contributed by atoms with Gasteiger partial charge in [-0.15, -0.1) is 0 Å². The van der Waals surface area contributed by atoms with Crippen LogP contribution in [0.1, 0.15) is 64.2 Å². The van der Waals surface area contributed by atoms with Gasteiger partial charge in [0.25, 0.3) is 0 Å². The molecule has 0 aromatic heterocycles. The van der Waals surface area contributed by atoms with Crippen LogP contribution in [0.15, 0.2) is 0 Å². The highest BCUT2D eigenvalue weighted by Gasteiger charge is 2.28. The first-order chi connectivity index (χ1) is 9.66. The van der Waals surface area contributed by atoms with Crippen LogP contribution in [0.5, 0.6) is 0 Å². The van der Waals surface area contributed by atoms with E-state index in [9.17, 15) is 14.8 Å². The van der Waals surface area contributed by atoms with E-state index in [4.69, 9.17) is 0 Å². The lowest BCUT2D eigenvalue weighted by Gasteiger charge is -2.23. The predicted octanol–water partition coefficient (Wildman–Crippen LogP) is 2.75. The van der Waals surface area contributed by atoms with Crippen molar-refractivity contribution >= 4 is 11.9 Å². The Labute approximate surface area is 118 Å². The van der Waals surface area contributed by atoms with Crippen LogP contribution in [0, 0.1) is 11.8 Å². The molecular formula is C14H23NO5. The first-order valence-corrected chi connectivity index (χ1v) is 7.59. The van der Waals surface area contributed by atoms with Gasteiger partial charge >= 0.3 is 11.9 Å². The summed E-state index contributed by atoms with van der Waals surface area (Å²) >= 11 is 0. The van der Waals surface area contributed by atoms with Gasteiger partial charge in [-0.1, -0.05) is 38.5 Å². The number of carbonyl (C=O) groups is 2. The van der Waals surface area contributed by atoms with Crippen molar-refractivity contribution in [3.8, 4) is 0 Å². The molecule has 0 aromatic rings. The summed E-state index contributed by atoms with van der Waals surface area (Å²) in [5.41, 5.74) is 0. The summed E-state index contributed by atoms with van der Waals surface area (Å²) in [5, 5.41) is 9.34. The van der Waals surface area contributed by atoms with Gasteiger partial charge < -0.3 is 9.68 Å². The highest BCUT2D eigenvalue weighted by atomic mass is 17.1. The Morgan fingerprint density at radius 1 is 0.750 bits per heavy atom. The lowest BCUT2D eigenvalue weighted by Crippen LogP contribution is -2.33. The van der Waals surface area contributed by atoms with E-state index in [0.29, 0.717) is 0 Å². The Bertz CT molecular complexity index is 302. The van der Waals surface area contributed by atoms with Crippen molar-refractivity contribution in [2.45, 2.75) is 64.2 Å². The standard InChI is InChI=1S/C14H23NO5/c16-13(11-7-3-1-4-8-11)19-15(18)20-14(17)12-9-5-2-6-10-12/h11-12,18H,1-10H2. The summed E-state index contributed by atoms with van der Waals surface area (Å²) in [5.74, 6) is -1.45. The summed E-state index contributed by atoms with van der Waals surface area (Å²) in [6.07, 6.45) is 9.30. The number of carbonyl (C=O) groups excluding carboxylic acids is 2. The van der Waals surface area contributed by atoms with Gasteiger partial charge in [0.2, 0.25) is 0 Å². The van der Waals surface area contributed by atoms with E-state index in [0.717, 1.165) is 64.2 Å². The Kier molecular flexibility index (Phi) is 5.79. The molecule has 2 saturated carbocycles. The van der Waals surface area contributed by atoms with E-state index < -0.39 is 11.9 Å². The van der Waals surface area contributed by atoms with Crippen molar-refractivity contribution in [2.24, 2.45) is 11.8 Å². The monoisotopic (exact) mass is 285 g/mol. The topological polar surface area (TPSA) is 76.1 Å². The zero-order valence-electron chi connectivity index (χ0n) is 11.8. The molecule has 2 fully saturated rings. The third-order valence-corrected chi connectivity index (χ3v) is 4.21. The molecule has 0 saturated heterocycles. The highest BCUT2D eigenvalue weighted by molar-refractivity contribution is 5.73. The van der Waals surface area contributed by atoms with E-state index in [1.165, 1.54) is 0 Å². The van der Waals surface area contributed by atoms with Crippen molar-refractivity contribution in [1.29, 1.82) is 0 Å². The molecule has 0 spiro atoms. The van der Waals surface area contributed by atoms with Crippen molar-refractivity contribution in [2.75, 3.05) is 0 Å². The van der Waals surface area contributed by atoms with E-state index in [1.54, 1.807) is 0 Å². The van der Waals surface area contributed by atoms with Crippen LogP contribution in [0.4, 0.5) is 0 Å². The number of hydrogen-bond acceptors (Lipinski definition) is 6. The smallest absolute Gasteiger partial charge is 0.309 e. The molecule has 114 valence electrons. The molecule has 2 aliphatic rings. The van der Waals surface area contributed by atoms with Gasteiger partial charge in [0, 0.05) is 0 Å². The minimum absolute atomic E-state index is 0.0616. The maximum absolute atomic E-state index is 11.8. The summed E-state index contributed by atoms with van der Waals surface area (Å²) < 4.78 is 0. The minimum Gasteiger partial charge on any atom is -0.309 e. The molecule has 0 heterocycles. The Hall–Kier alpha value is -1.14. The fourth-order valence-electron chi connectivity index (χ4n) is 3.00. The van der Waals surface area contributed by atoms with Crippen molar-refractivity contribution in [3.05, 3.63) is 0 Å². The molecule has 1 N–H and O–H groups in total. The number of nitrogens with zero attached hydrogens (tertiary/aromatic N) is 1.